The summed E-state index contributed by atoms with van der Waals surface area (Å²) in [5.74, 6) is -0.0223. The van der Waals surface area contributed by atoms with Gasteiger partial charge in [0.15, 0.2) is 0 Å². The molecule has 0 saturated carbocycles. The molecule has 24 heavy (non-hydrogen) atoms. The second kappa shape index (κ2) is 6.61. The first-order chi connectivity index (χ1) is 11.5. The summed E-state index contributed by atoms with van der Waals surface area (Å²) in [6.07, 6.45) is 1.68. The number of hydrogen-bond donors (Lipinski definition) is 0. The van der Waals surface area contributed by atoms with E-state index in [1.165, 1.54) is 12.1 Å². The van der Waals surface area contributed by atoms with Gasteiger partial charge in [-0.15, -0.1) is 0 Å². The van der Waals surface area contributed by atoms with Crippen molar-refractivity contribution in [2.24, 2.45) is 0 Å². The first kappa shape index (κ1) is 16.5. The van der Waals surface area contributed by atoms with Crippen molar-refractivity contribution in [3.8, 4) is 0 Å². The second-order valence-electron chi connectivity index (χ2n) is 5.95. The Bertz CT molecular complexity index is 820. The summed E-state index contributed by atoms with van der Waals surface area (Å²) in [4.78, 5) is 24.7. The highest BCUT2D eigenvalue weighted by Gasteiger charge is 2.26. The third-order valence-electron chi connectivity index (χ3n) is 4.34. The quantitative estimate of drug-likeness (QED) is 0.620. The number of anilines is 1. The molecule has 0 radical (unpaired) electrons. The van der Waals surface area contributed by atoms with Gasteiger partial charge in [-0.3, -0.25) is 14.9 Å². The van der Waals surface area contributed by atoms with Gasteiger partial charge in [-0.2, -0.15) is 0 Å². The Kier molecular flexibility index (Phi) is 4.53. The van der Waals surface area contributed by atoms with E-state index in [2.05, 4.69) is 0 Å². The highest BCUT2D eigenvalue weighted by Crippen LogP contribution is 2.32. The molecule has 0 N–H and O–H groups in total. The minimum Gasteiger partial charge on any atom is -0.312 e. The number of carbonyl (C=O) groups excluding carboxylic acids is 1. The average Bonchev–Trinajstić information content (AvgIpc) is 2.98. The number of carbonyl (C=O) groups is 1. The lowest BCUT2D eigenvalue weighted by atomic mass is 10.1. The lowest BCUT2D eigenvalue weighted by Gasteiger charge is -2.17. The third kappa shape index (κ3) is 3.26. The Morgan fingerprint density at radius 3 is 2.79 bits per heavy atom. The van der Waals surface area contributed by atoms with E-state index >= 15 is 0 Å². The highest BCUT2D eigenvalue weighted by molar-refractivity contribution is 6.31. The molecular weight excluding hydrogens is 328 g/mol. The van der Waals surface area contributed by atoms with E-state index in [0.717, 1.165) is 23.1 Å². The Balaban J connectivity index is 1.72. The molecule has 0 unspecified atom stereocenters. The zero-order valence-corrected chi connectivity index (χ0v) is 14.0. The van der Waals surface area contributed by atoms with Crippen LogP contribution in [0.25, 0.3) is 0 Å². The van der Waals surface area contributed by atoms with Crippen molar-refractivity contribution in [1.82, 2.24) is 0 Å². The maximum absolute atomic E-state index is 12.5. The summed E-state index contributed by atoms with van der Waals surface area (Å²) in [6.45, 7) is 2.51. The van der Waals surface area contributed by atoms with Crippen LogP contribution in [0.1, 0.15) is 23.1 Å². The van der Waals surface area contributed by atoms with E-state index in [-0.39, 0.29) is 11.6 Å². The molecule has 0 atom stereocenters. The number of fused-ring (bicyclic) bond motifs is 1. The Labute approximate surface area is 145 Å². The van der Waals surface area contributed by atoms with E-state index < -0.39 is 4.92 Å². The smallest absolute Gasteiger partial charge is 0.271 e. The van der Waals surface area contributed by atoms with Crippen LogP contribution in [-0.2, 0) is 17.6 Å². The van der Waals surface area contributed by atoms with Gasteiger partial charge in [0, 0.05) is 30.1 Å². The molecule has 2 aromatic rings. The van der Waals surface area contributed by atoms with Crippen LogP contribution in [0, 0.1) is 17.0 Å². The van der Waals surface area contributed by atoms with Gasteiger partial charge in [0.05, 0.1) is 10.6 Å². The van der Waals surface area contributed by atoms with Gasteiger partial charge in [-0.05, 0) is 42.5 Å². The van der Waals surface area contributed by atoms with Crippen LogP contribution in [0.15, 0.2) is 36.4 Å². The summed E-state index contributed by atoms with van der Waals surface area (Å²) in [6, 6.07) is 10.5. The fourth-order valence-corrected chi connectivity index (χ4v) is 3.12. The van der Waals surface area contributed by atoms with Crippen LogP contribution < -0.4 is 4.90 Å². The van der Waals surface area contributed by atoms with Gasteiger partial charge in [0.1, 0.15) is 0 Å². The first-order valence-electron chi connectivity index (χ1n) is 7.78. The SMILES string of the molecule is Cc1ccc(CCC(=O)N2CCc3ccc([N+](=O)[O-])cc32)cc1Cl. The average molecular weight is 345 g/mol. The molecule has 1 amide bonds. The van der Waals surface area contributed by atoms with Crippen LogP contribution in [0.3, 0.4) is 0 Å². The number of nitro groups is 1. The summed E-state index contributed by atoms with van der Waals surface area (Å²) in [5, 5.41) is 11.6. The van der Waals surface area contributed by atoms with Crippen molar-refractivity contribution in [3.05, 3.63) is 68.2 Å². The number of nitrogens with zero attached hydrogens (tertiary/aromatic N) is 2. The molecule has 5 nitrogen and oxygen atoms in total. The van der Waals surface area contributed by atoms with Crippen LogP contribution in [0.4, 0.5) is 11.4 Å². The number of non-ortho nitro benzene ring substituents is 1. The molecule has 1 aliphatic heterocycles. The number of halogens is 1. The van der Waals surface area contributed by atoms with Crippen LogP contribution in [-0.4, -0.2) is 17.4 Å². The second-order valence-corrected chi connectivity index (χ2v) is 6.36. The van der Waals surface area contributed by atoms with Gasteiger partial charge < -0.3 is 4.90 Å². The molecule has 6 heteroatoms. The lowest BCUT2D eigenvalue weighted by Crippen LogP contribution is -2.29. The van der Waals surface area contributed by atoms with Crippen LogP contribution in [0.5, 0.6) is 0 Å². The van der Waals surface area contributed by atoms with Gasteiger partial charge in [0.2, 0.25) is 5.91 Å². The molecule has 124 valence electrons. The Morgan fingerprint density at radius 1 is 1.29 bits per heavy atom. The lowest BCUT2D eigenvalue weighted by molar-refractivity contribution is -0.384. The summed E-state index contributed by atoms with van der Waals surface area (Å²) < 4.78 is 0. The number of amides is 1. The zero-order chi connectivity index (χ0) is 17.3. The van der Waals surface area contributed by atoms with Gasteiger partial charge in [-0.25, -0.2) is 0 Å². The van der Waals surface area contributed by atoms with Gasteiger partial charge in [-0.1, -0.05) is 29.8 Å². The number of hydrogen-bond acceptors (Lipinski definition) is 3. The molecule has 0 fully saturated rings. The number of rotatable bonds is 4. The third-order valence-corrected chi connectivity index (χ3v) is 4.75. The molecule has 0 bridgehead atoms. The van der Waals surface area contributed by atoms with Crippen molar-refractivity contribution in [1.29, 1.82) is 0 Å². The van der Waals surface area contributed by atoms with Crippen molar-refractivity contribution < 1.29 is 9.72 Å². The van der Waals surface area contributed by atoms with Crippen molar-refractivity contribution in [2.45, 2.75) is 26.2 Å². The monoisotopic (exact) mass is 344 g/mol. The van der Waals surface area contributed by atoms with Crippen molar-refractivity contribution in [2.75, 3.05) is 11.4 Å². The zero-order valence-electron chi connectivity index (χ0n) is 13.3. The van der Waals surface area contributed by atoms with Crippen molar-refractivity contribution >= 4 is 28.9 Å². The topological polar surface area (TPSA) is 63.5 Å². The van der Waals surface area contributed by atoms with E-state index in [4.69, 9.17) is 11.6 Å². The maximum Gasteiger partial charge on any atom is 0.271 e. The van der Waals surface area contributed by atoms with Crippen molar-refractivity contribution in [3.63, 3.8) is 0 Å². The van der Waals surface area contributed by atoms with E-state index in [9.17, 15) is 14.9 Å². The summed E-state index contributed by atoms with van der Waals surface area (Å²) in [7, 11) is 0. The van der Waals surface area contributed by atoms with Gasteiger partial charge >= 0.3 is 0 Å². The predicted molar refractivity (Wildman–Crippen MR) is 93.7 cm³/mol. The molecule has 1 heterocycles. The standard InChI is InChI=1S/C18H17ClN2O3/c1-12-2-3-13(10-16(12)19)4-7-18(22)20-9-8-14-5-6-15(21(23)24)11-17(14)20/h2-3,5-6,10-11H,4,7-9H2,1H3. The number of benzene rings is 2. The molecular formula is C18H17ClN2O3. The normalized spacial score (nSPS) is 13.0. The van der Waals surface area contributed by atoms with Crippen LogP contribution >= 0.6 is 11.6 Å². The summed E-state index contributed by atoms with van der Waals surface area (Å²) in [5.41, 5.74) is 3.67. The molecule has 0 aromatic heterocycles. The van der Waals surface area contributed by atoms with E-state index in [1.54, 1.807) is 11.0 Å². The molecule has 0 spiro atoms. The minimum absolute atomic E-state index is 0.0127. The predicted octanol–water partition coefficient (Wildman–Crippen LogP) is 4.08. The molecule has 2 aromatic carbocycles. The first-order valence-corrected chi connectivity index (χ1v) is 8.16. The minimum atomic E-state index is -0.435. The van der Waals surface area contributed by atoms with Gasteiger partial charge in [0.25, 0.3) is 5.69 Å². The maximum atomic E-state index is 12.5. The van der Waals surface area contributed by atoms with E-state index in [0.29, 0.717) is 30.1 Å². The molecule has 0 aliphatic carbocycles. The van der Waals surface area contributed by atoms with Crippen LogP contribution in [0.2, 0.25) is 5.02 Å². The molecule has 0 saturated heterocycles. The Hall–Kier alpha value is -2.40. The summed E-state index contributed by atoms with van der Waals surface area (Å²) >= 11 is 6.11. The number of nitro benzene ring substituents is 1. The fourth-order valence-electron chi connectivity index (χ4n) is 2.92. The number of aryl methyl sites for hydroxylation is 2. The molecule has 3 rings (SSSR count). The fraction of sp³-hybridized carbons (Fsp3) is 0.278. The molecule has 1 aliphatic rings. The largest absolute Gasteiger partial charge is 0.312 e. The van der Waals surface area contributed by atoms with E-state index in [1.807, 2.05) is 25.1 Å². The Morgan fingerprint density at radius 2 is 2.08 bits per heavy atom. The highest BCUT2D eigenvalue weighted by atomic mass is 35.5.